The Balaban J connectivity index is 1.50. The zero-order valence-corrected chi connectivity index (χ0v) is 19.0. The SMILES string of the molecule is O=C(c1ccco1)N1CCN(c2c([N+](=O)[O-])c(=O)n(CCc3ccccc3)c3ccccc23)CC1. The number of nitro groups is 1. The van der Waals surface area contributed by atoms with Crippen LogP contribution in [0, 0.1) is 10.1 Å². The van der Waals surface area contributed by atoms with Gasteiger partial charge in [0.2, 0.25) is 0 Å². The molecule has 178 valence electrons. The summed E-state index contributed by atoms with van der Waals surface area (Å²) in [5.74, 6) is 0.0428. The Kier molecular flexibility index (Phi) is 6.05. The summed E-state index contributed by atoms with van der Waals surface area (Å²) >= 11 is 0. The third-order valence-electron chi connectivity index (χ3n) is 6.39. The lowest BCUT2D eigenvalue weighted by Crippen LogP contribution is -2.49. The molecule has 35 heavy (non-hydrogen) atoms. The number of nitrogens with zero attached hydrogens (tertiary/aromatic N) is 4. The highest BCUT2D eigenvalue weighted by molar-refractivity contribution is 5.97. The molecule has 0 radical (unpaired) electrons. The smallest absolute Gasteiger partial charge is 0.357 e. The highest BCUT2D eigenvalue weighted by Gasteiger charge is 2.32. The fraction of sp³-hybridized carbons (Fsp3) is 0.231. The van der Waals surface area contributed by atoms with Crippen LogP contribution in [0.3, 0.4) is 0 Å². The molecule has 0 unspecified atom stereocenters. The van der Waals surface area contributed by atoms with Gasteiger partial charge in [-0.25, -0.2) is 0 Å². The Morgan fingerprint density at radius 3 is 2.34 bits per heavy atom. The number of pyridine rings is 1. The summed E-state index contributed by atoms with van der Waals surface area (Å²) in [6.45, 7) is 1.79. The second-order valence-corrected chi connectivity index (χ2v) is 8.42. The van der Waals surface area contributed by atoms with E-state index in [2.05, 4.69) is 0 Å². The van der Waals surface area contributed by atoms with Gasteiger partial charge >= 0.3 is 11.2 Å². The van der Waals surface area contributed by atoms with Crippen molar-refractivity contribution in [2.45, 2.75) is 13.0 Å². The van der Waals surface area contributed by atoms with Gasteiger partial charge < -0.3 is 18.8 Å². The minimum atomic E-state index is -0.617. The molecule has 1 aliphatic heterocycles. The van der Waals surface area contributed by atoms with Gasteiger partial charge in [-0.15, -0.1) is 0 Å². The number of anilines is 1. The maximum absolute atomic E-state index is 13.5. The first kappa shape index (κ1) is 22.4. The lowest BCUT2D eigenvalue weighted by molar-refractivity contribution is -0.385. The molecule has 1 saturated heterocycles. The van der Waals surface area contributed by atoms with Crippen LogP contribution in [0.2, 0.25) is 0 Å². The number of furan rings is 1. The molecule has 0 spiro atoms. The predicted molar refractivity (Wildman–Crippen MR) is 132 cm³/mol. The summed E-state index contributed by atoms with van der Waals surface area (Å²) in [5, 5.41) is 12.8. The van der Waals surface area contributed by atoms with Crippen molar-refractivity contribution in [2.75, 3.05) is 31.1 Å². The molecule has 9 heteroatoms. The van der Waals surface area contributed by atoms with Crippen LogP contribution in [0.1, 0.15) is 16.1 Å². The fourth-order valence-corrected chi connectivity index (χ4v) is 4.66. The van der Waals surface area contributed by atoms with E-state index in [4.69, 9.17) is 4.42 Å². The van der Waals surface area contributed by atoms with Crippen molar-refractivity contribution >= 4 is 28.2 Å². The largest absolute Gasteiger partial charge is 0.459 e. The van der Waals surface area contributed by atoms with Gasteiger partial charge in [-0.3, -0.25) is 19.7 Å². The standard InChI is InChI=1S/C26H24N4O5/c31-25(22-11-6-18-35-22)28-16-14-27(15-17-28)23-20-9-4-5-10-21(20)29(26(32)24(23)30(33)34)13-12-19-7-2-1-3-8-19/h1-11,18H,12-17H2. The van der Waals surface area contributed by atoms with E-state index in [1.807, 2.05) is 59.5 Å². The maximum atomic E-state index is 13.5. The molecular formula is C26H24N4O5. The first-order chi connectivity index (χ1) is 17.0. The van der Waals surface area contributed by atoms with Gasteiger partial charge in [0, 0.05) is 38.1 Å². The van der Waals surface area contributed by atoms with E-state index in [-0.39, 0.29) is 11.7 Å². The van der Waals surface area contributed by atoms with E-state index < -0.39 is 16.2 Å². The van der Waals surface area contributed by atoms with Gasteiger partial charge in [0.1, 0.15) is 5.69 Å². The maximum Gasteiger partial charge on any atom is 0.357 e. The van der Waals surface area contributed by atoms with E-state index in [1.165, 1.54) is 10.8 Å². The van der Waals surface area contributed by atoms with Crippen molar-refractivity contribution < 1.29 is 14.1 Å². The normalized spacial score (nSPS) is 13.8. The number of hydrogen-bond acceptors (Lipinski definition) is 6. The number of benzene rings is 2. The van der Waals surface area contributed by atoms with Crippen molar-refractivity contribution in [3.63, 3.8) is 0 Å². The molecule has 1 aliphatic rings. The molecule has 4 aromatic rings. The van der Waals surface area contributed by atoms with Crippen molar-refractivity contribution in [2.24, 2.45) is 0 Å². The third kappa shape index (κ3) is 4.28. The number of amides is 1. The Hall–Kier alpha value is -4.40. The van der Waals surface area contributed by atoms with Gasteiger partial charge in [-0.05, 0) is 30.2 Å². The molecule has 3 heterocycles. The number of carbonyl (C=O) groups is 1. The van der Waals surface area contributed by atoms with E-state index in [1.54, 1.807) is 17.0 Å². The molecule has 0 saturated carbocycles. The zero-order chi connectivity index (χ0) is 24.4. The van der Waals surface area contributed by atoms with Crippen molar-refractivity contribution in [1.29, 1.82) is 0 Å². The van der Waals surface area contributed by atoms with Gasteiger partial charge in [-0.2, -0.15) is 0 Å². The number of aryl methyl sites for hydroxylation is 2. The molecule has 1 fully saturated rings. The second-order valence-electron chi connectivity index (χ2n) is 8.42. The predicted octanol–water partition coefficient (Wildman–Crippen LogP) is 3.71. The highest BCUT2D eigenvalue weighted by atomic mass is 16.6. The monoisotopic (exact) mass is 472 g/mol. The van der Waals surface area contributed by atoms with Gasteiger partial charge in [0.25, 0.3) is 5.91 Å². The lowest BCUT2D eigenvalue weighted by Gasteiger charge is -2.36. The topological polar surface area (TPSA) is 102 Å². The molecule has 0 atom stereocenters. The van der Waals surface area contributed by atoms with Crippen LogP contribution in [0.4, 0.5) is 11.4 Å². The zero-order valence-electron chi connectivity index (χ0n) is 19.0. The van der Waals surface area contributed by atoms with Gasteiger partial charge in [0.05, 0.1) is 16.7 Å². The molecule has 1 amide bonds. The Morgan fingerprint density at radius 1 is 0.943 bits per heavy atom. The first-order valence-corrected chi connectivity index (χ1v) is 11.5. The highest BCUT2D eigenvalue weighted by Crippen LogP contribution is 2.34. The molecule has 9 nitrogen and oxygen atoms in total. The molecular weight excluding hydrogens is 448 g/mol. The summed E-state index contributed by atoms with van der Waals surface area (Å²) in [5.41, 5.74) is 0.976. The number of para-hydroxylation sites is 1. The van der Waals surface area contributed by atoms with Crippen LogP contribution in [0.25, 0.3) is 10.9 Å². The van der Waals surface area contributed by atoms with Crippen LogP contribution in [-0.2, 0) is 13.0 Å². The summed E-state index contributed by atoms with van der Waals surface area (Å²) < 4.78 is 6.71. The summed E-state index contributed by atoms with van der Waals surface area (Å²) in [6.07, 6.45) is 2.03. The average molecular weight is 473 g/mol. The number of carbonyl (C=O) groups excluding carboxylic acids is 1. The molecule has 2 aromatic carbocycles. The number of aromatic nitrogens is 1. The number of rotatable bonds is 6. The average Bonchev–Trinajstić information content (AvgIpc) is 3.43. The molecule has 2 aromatic heterocycles. The second kappa shape index (κ2) is 9.46. The van der Waals surface area contributed by atoms with Gasteiger partial charge in [0.15, 0.2) is 5.76 Å². The van der Waals surface area contributed by atoms with Crippen LogP contribution in [-0.4, -0.2) is 46.5 Å². The summed E-state index contributed by atoms with van der Waals surface area (Å²) in [4.78, 5) is 41.2. The number of piperazine rings is 1. The minimum Gasteiger partial charge on any atom is -0.459 e. The van der Waals surface area contributed by atoms with Crippen LogP contribution < -0.4 is 10.5 Å². The van der Waals surface area contributed by atoms with Crippen LogP contribution >= 0.6 is 0 Å². The first-order valence-electron chi connectivity index (χ1n) is 11.5. The number of fused-ring (bicyclic) bond motifs is 1. The van der Waals surface area contributed by atoms with E-state index in [0.717, 1.165) is 5.56 Å². The summed E-state index contributed by atoms with van der Waals surface area (Å²) in [7, 11) is 0. The summed E-state index contributed by atoms with van der Waals surface area (Å²) in [6, 6.07) is 20.3. The quantitative estimate of drug-likeness (QED) is 0.313. The lowest BCUT2D eigenvalue weighted by atomic mass is 10.1. The third-order valence-corrected chi connectivity index (χ3v) is 6.39. The number of hydrogen-bond donors (Lipinski definition) is 0. The van der Waals surface area contributed by atoms with Crippen LogP contribution in [0.15, 0.2) is 82.2 Å². The van der Waals surface area contributed by atoms with Crippen LogP contribution in [0.5, 0.6) is 0 Å². The molecule has 0 aliphatic carbocycles. The van der Waals surface area contributed by atoms with Crippen molar-refractivity contribution in [3.8, 4) is 0 Å². The van der Waals surface area contributed by atoms with E-state index in [0.29, 0.717) is 55.7 Å². The van der Waals surface area contributed by atoms with E-state index >= 15 is 0 Å². The molecule has 0 N–H and O–H groups in total. The molecule has 0 bridgehead atoms. The van der Waals surface area contributed by atoms with Crippen molar-refractivity contribution in [1.82, 2.24) is 9.47 Å². The fourth-order valence-electron chi connectivity index (χ4n) is 4.66. The van der Waals surface area contributed by atoms with Gasteiger partial charge in [-0.1, -0.05) is 48.5 Å². The molecule has 5 rings (SSSR count). The Labute approximate surface area is 200 Å². The Bertz CT molecular complexity index is 1420. The van der Waals surface area contributed by atoms with E-state index in [9.17, 15) is 19.7 Å². The Morgan fingerprint density at radius 2 is 1.66 bits per heavy atom. The van der Waals surface area contributed by atoms with Crippen molar-refractivity contribution in [3.05, 3.63) is 105 Å². The minimum absolute atomic E-state index is 0.217.